The van der Waals surface area contributed by atoms with Crippen molar-refractivity contribution in [3.8, 4) is 0 Å². The number of aryl methyl sites for hydroxylation is 2. The average Bonchev–Trinajstić information content (AvgIpc) is 3.21. The smallest absolute Gasteiger partial charge is 0.351 e. The van der Waals surface area contributed by atoms with Crippen molar-refractivity contribution in [2.75, 3.05) is 7.05 Å². The molecular formula is C15H20F3IN6S. The number of nitrogens with one attached hydrogen (secondary N) is 2. The predicted molar refractivity (Wildman–Crippen MR) is 105 cm³/mol. The molecule has 2 aromatic heterocycles. The SMILES string of the molecule is CN=C(NCc1cn2c(n1)CCCC2)NCc1nc(C(F)(F)F)cs1.I. The first-order valence-electron chi connectivity index (χ1n) is 7.97. The summed E-state index contributed by atoms with van der Waals surface area (Å²) in [6, 6.07) is 0. The van der Waals surface area contributed by atoms with Crippen LogP contribution in [0.2, 0.25) is 0 Å². The van der Waals surface area contributed by atoms with Gasteiger partial charge in [-0.1, -0.05) is 0 Å². The molecule has 0 unspecified atom stereocenters. The minimum absolute atomic E-state index is 0. The predicted octanol–water partition coefficient (Wildman–Crippen LogP) is 3.18. The molecule has 6 nitrogen and oxygen atoms in total. The van der Waals surface area contributed by atoms with Gasteiger partial charge in [-0.05, 0) is 12.8 Å². The Balaban J connectivity index is 0.00000243. The Labute approximate surface area is 170 Å². The molecule has 11 heteroatoms. The third-order valence-electron chi connectivity index (χ3n) is 3.87. The van der Waals surface area contributed by atoms with Crippen LogP contribution in [0.4, 0.5) is 13.2 Å². The molecule has 0 saturated heterocycles. The summed E-state index contributed by atoms with van der Waals surface area (Å²) < 4.78 is 39.8. The summed E-state index contributed by atoms with van der Waals surface area (Å²) in [7, 11) is 1.61. The van der Waals surface area contributed by atoms with Gasteiger partial charge in [-0.25, -0.2) is 9.97 Å². The van der Waals surface area contributed by atoms with E-state index in [2.05, 4.69) is 30.2 Å². The molecule has 1 aliphatic heterocycles. The summed E-state index contributed by atoms with van der Waals surface area (Å²) in [5, 5.41) is 7.46. The first kappa shape index (κ1) is 20.9. The maximum Gasteiger partial charge on any atom is 0.434 e. The Morgan fingerprint density at radius 1 is 1.27 bits per heavy atom. The molecule has 0 radical (unpaired) electrons. The standard InChI is InChI=1S/C15H19F3N6S.HI/c1-19-14(21-7-13-23-11(9-25-13)15(16,17)18)20-6-10-8-24-5-3-2-4-12(24)22-10;/h8-9H,2-7H2,1H3,(H2,19,20,21);1H. The minimum Gasteiger partial charge on any atom is -0.351 e. The number of rotatable bonds is 4. The van der Waals surface area contributed by atoms with Gasteiger partial charge in [-0.2, -0.15) is 13.2 Å². The molecule has 26 heavy (non-hydrogen) atoms. The van der Waals surface area contributed by atoms with Gasteiger partial charge in [-0.15, -0.1) is 35.3 Å². The van der Waals surface area contributed by atoms with Crippen molar-refractivity contribution >= 4 is 41.3 Å². The number of hydrogen-bond donors (Lipinski definition) is 2. The van der Waals surface area contributed by atoms with Crippen LogP contribution < -0.4 is 10.6 Å². The van der Waals surface area contributed by atoms with Gasteiger partial charge in [0.25, 0.3) is 0 Å². The van der Waals surface area contributed by atoms with Gasteiger partial charge in [0.1, 0.15) is 10.8 Å². The molecule has 2 N–H and O–H groups in total. The van der Waals surface area contributed by atoms with E-state index < -0.39 is 11.9 Å². The van der Waals surface area contributed by atoms with E-state index in [0.717, 1.165) is 41.2 Å². The Hall–Kier alpha value is -1.37. The summed E-state index contributed by atoms with van der Waals surface area (Å²) in [6.07, 6.45) is 0.965. The van der Waals surface area contributed by atoms with E-state index >= 15 is 0 Å². The zero-order valence-electron chi connectivity index (χ0n) is 14.1. The summed E-state index contributed by atoms with van der Waals surface area (Å²) in [6.45, 7) is 1.69. The molecule has 1 aliphatic rings. The van der Waals surface area contributed by atoms with Crippen LogP contribution in [0.15, 0.2) is 16.6 Å². The first-order valence-corrected chi connectivity index (χ1v) is 8.84. The highest BCUT2D eigenvalue weighted by Crippen LogP contribution is 2.29. The molecule has 3 heterocycles. The number of hydrogen-bond acceptors (Lipinski definition) is 4. The Morgan fingerprint density at radius 3 is 2.69 bits per heavy atom. The number of fused-ring (bicyclic) bond motifs is 1. The van der Waals surface area contributed by atoms with E-state index in [1.807, 2.05) is 6.20 Å². The van der Waals surface area contributed by atoms with Crippen LogP contribution in [0.3, 0.4) is 0 Å². The molecule has 0 aliphatic carbocycles. The van der Waals surface area contributed by atoms with Crippen molar-refractivity contribution in [1.82, 2.24) is 25.2 Å². The number of halogens is 4. The van der Waals surface area contributed by atoms with Crippen molar-refractivity contribution in [2.24, 2.45) is 4.99 Å². The van der Waals surface area contributed by atoms with Crippen molar-refractivity contribution in [3.05, 3.63) is 33.8 Å². The zero-order chi connectivity index (χ0) is 17.9. The lowest BCUT2D eigenvalue weighted by atomic mass is 10.2. The van der Waals surface area contributed by atoms with E-state index in [1.165, 1.54) is 12.8 Å². The molecule has 0 spiro atoms. The first-order chi connectivity index (χ1) is 12.0. The molecule has 0 aromatic carbocycles. The maximum atomic E-state index is 12.6. The summed E-state index contributed by atoms with van der Waals surface area (Å²) >= 11 is 0.969. The lowest BCUT2D eigenvalue weighted by molar-refractivity contribution is -0.140. The number of aromatic nitrogens is 3. The number of nitrogens with zero attached hydrogens (tertiary/aromatic N) is 4. The van der Waals surface area contributed by atoms with Crippen molar-refractivity contribution in [1.29, 1.82) is 0 Å². The Bertz CT molecular complexity index is 731. The number of thiazole rings is 1. The fourth-order valence-corrected chi connectivity index (χ4v) is 3.37. The van der Waals surface area contributed by atoms with Gasteiger partial charge < -0.3 is 15.2 Å². The van der Waals surface area contributed by atoms with Gasteiger partial charge in [0.05, 0.1) is 18.8 Å². The van der Waals surface area contributed by atoms with Crippen LogP contribution in [0.25, 0.3) is 0 Å². The van der Waals surface area contributed by atoms with E-state index in [0.29, 0.717) is 17.5 Å². The molecule has 2 aromatic rings. The highest BCUT2D eigenvalue weighted by molar-refractivity contribution is 14.0. The molecule has 0 atom stereocenters. The third-order valence-corrected chi connectivity index (χ3v) is 4.72. The number of aliphatic imine (C=N–C) groups is 1. The van der Waals surface area contributed by atoms with Gasteiger partial charge in [-0.3, -0.25) is 4.99 Å². The number of guanidine groups is 1. The molecular weight excluding hydrogens is 480 g/mol. The fourth-order valence-electron chi connectivity index (χ4n) is 2.63. The summed E-state index contributed by atoms with van der Waals surface area (Å²) in [5.41, 5.74) is 0.0642. The van der Waals surface area contributed by atoms with Crippen LogP contribution in [0.1, 0.15) is 35.1 Å². The highest BCUT2D eigenvalue weighted by atomic mass is 127. The molecule has 0 amide bonds. The van der Waals surface area contributed by atoms with E-state index in [4.69, 9.17) is 0 Å². The van der Waals surface area contributed by atoms with Crippen LogP contribution in [-0.4, -0.2) is 27.5 Å². The normalized spacial score (nSPS) is 14.5. The van der Waals surface area contributed by atoms with Crippen molar-refractivity contribution in [3.63, 3.8) is 0 Å². The maximum absolute atomic E-state index is 12.6. The number of alkyl halides is 3. The second kappa shape index (κ2) is 9.02. The lowest BCUT2D eigenvalue weighted by Gasteiger charge is -2.11. The van der Waals surface area contributed by atoms with E-state index in [9.17, 15) is 13.2 Å². The van der Waals surface area contributed by atoms with Crippen LogP contribution >= 0.6 is 35.3 Å². The van der Waals surface area contributed by atoms with Crippen LogP contribution in [0.5, 0.6) is 0 Å². The lowest BCUT2D eigenvalue weighted by Crippen LogP contribution is -2.36. The van der Waals surface area contributed by atoms with Gasteiger partial charge in [0, 0.05) is 31.6 Å². The van der Waals surface area contributed by atoms with Crippen molar-refractivity contribution < 1.29 is 13.2 Å². The largest absolute Gasteiger partial charge is 0.434 e. The molecule has 3 rings (SSSR count). The second-order valence-corrected chi connectivity index (χ2v) is 6.65. The van der Waals surface area contributed by atoms with E-state index in [1.54, 1.807) is 7.05 Å². The highest BCUT2D eigenvalue weighted by Gasteiger charge is 2.33. The zero-order valence-corrected chi connectivity index (χ0v) is 17.3. The molecule has 0 fully saturated rings. The van der Waals surface area contributed by atoms with Crippen molar-refractivity contribution in [2.45, 2.75) is 45.1 Å². The summed E-state index contributed by atoms with van der Waals surface area (Å²) in [4.78, 5) is 12.2. The quantitative estimate of drug-likeness (QED) is 0.385. The van der Waals surface area contributed by atoms with Gasteiger partial charge >= 0.3 is 6.18 Å². The second-order valence-electron chi connectivity index (χ2n) is 5.70. The van der Waals surface area contributed by atoms with Crippen LogP contribution in [0, 0.1) is 0 Å². The van der Waals surface area contributed by atoms with Crippen LogP contribution in [-0.2, 0) is 32.2 Å². The Morgan fingerprint density at radius 2 is 2.04 bits per heavy atom. The molecule has 144 valence electrons. The monoisotopic (exact) mass is 500 g/mol. The molecule has 0 bridgehead atoms. The summed E-state index contributed by atoms with van der Waals surface area (Å²) in [5.74, 6) is 1.60. The molecule has 0 saturated carbocycles. The van der Waals surface area contributed by atoms with E-state index in [-0.39, 0.29) is 30.5 Å². The fraction of sp³-hybridized carbons (Fsp3) is 0.533. The average molecular weight is 500 g/mol. The third kappa shape index (κ3) is 5.32. The minimum atomic E-state index is -4.41. The Kier molecular flexibility index (Phi) is 7.26. The van der Waals surface area contributed by atoms with Gasteiger partial charge in [0.15, 0.2) is 11.7 Å². The van der Waals surface area contributed by atoms with Gasteiger partial charge in [0.2, 0.25) is 0 Å². The topological polar surface area (TPSA) is 67.1 Å². The number of imidazole rings is 1.